The lowest BCUT2D eigenvalue weighted by Crippen LogP contribution is -2.17. The topological polar surface area (TPSA) is 57.4 Å². The Bertz CT molecular complexity index is 362. The van der Waals surface area contributed by atoms with Crippen molar-refractivity contribution in [1.82, 2.24) is 4.98 Å². The van der Waals surface area contributed by atoms with Crippen molar-refractivity contribution in [1.29, 1.82) is 0 Å². The van der Waals surface area contributed by atoms with Gasteiger partial charge in [-0.1, -0.05) is 0 Å². The van der Waals surface area contributed by atoms with Gasteiger partial charge in [0.1, 0.15) is 12.4 Å². The van der Waals surface area contributed by atoms with Crippen molar-refractivity contribution in [2.24, 2.45) is 5.73 Å². The minimum absolute atomic E-state index is 0.238. The smallest absolute Gasteiger partial charge is 0.140 e. The molecular formula is C13H20N2O2. The Labute approximate surface area is 102 Å². The number of ether oxygens (including phenoxy) is 2. The van der Waals surface area contributed by atoms with Gasteiger partial charge in [-0.05, 0) is 38.4 Å². The molecule has 0 aliphatic carbocycles. The zero-order valence-corrected chi connectivity index (χ0v) is 10.3. The molecule has 1 saturated heterocycles. The van der Waals surface area contributed by atoms with Crippen molar-refractivity contribution in [3.63, 3.8) is 0 Å². The molecule has 0 amide bonds. The summed E-state index contributed by atoms with van der Waals surface area (Å²) in [6, 6.07) is 3.94. The molecule has 2 rings (SSSR count). The van der Waals surface area contributed by atoms with Crippen LogP contribution in [-0.2, 0) is 11.2 Å². The van der Waals surface area contributed by atoms with Crippen LogP contribution in [0.1, 0.15) is 24.2 Å². The first-order valence-corrected chi connectivity index (χ1v) is 6.20. The lowest BCUT2D eigenvalue weighted by atomic mass is 10.2. The Morgan fingerprint density at radius 1 is 1.53 bits per heavy atom. The molecule has 0 aromatic carbocycles. The van der Waals surface area contributed by atoms with E-state index in [1.807, 2.05) is 19.1 Å². The van der Waals surface area contributed by atoms with Crippen LogP contribution >= 0.6 is 0 Å². The number of aromatic nitrogens is 1. The molecule has 0 spiro atoms. The van der Waals surface area contributed by atoms with Gasteiger partial charge in [0.2, 0.25) is 0 Å². The highest BCUT2D eigenvalue weighted by molar-refractivity contribution is 5.29. The molecular weight excluding hydrogens is 216 g/mol. The van der Waals surface area contributed by atoms with Gasteiger partial charge in [0, 0.05) is 18.7 Å². The number of nitrogens with two attached hydrogens (primary N) is 1. The van der Waals surface area contributed by atoms with Gasteiger partial charge in [-0.15, -0.1) is 0 Å². The summed E-state index contributed by atoms with van der Waals surface area (Å²) >= 11 is 0. The van der Waals surface area contributed by atoms with E-state index in [1.165, 1.54) is 0 Å². The maximum absolute atomic E-state index is 5.79. The maximum Gasteiger partial charge on any atom is 0.140 e. The van der Waals surface area contributed by atoms with Gasteiger partial charge < -0.3 is 15.2 Å². The summed E-state index contributed by atoms with van der Waals surface area (Å²) in [5.74, 6) is 0.844. The molecule has 0 radical (unpaired) electrons. The lowest BCUT2D eigenvalue weighted by Gasteiger charge is -2.14. The number of hydrogen-bond donors (Lipinski definition) is 1. The Morgan fingerprint density at radius 3 is 3.12 bits per heavy atom. The number of nitrogens with zero attached hydrogens (tertiary/aromatic N) is 1. The second kappa shape index (κ2) is 5.98. The molecule has 1 fully saturated rings. The third kappa shape index (κ3) is 3.41. The molecule has 0 bridgehead atoms. The van der Waals surface area contributed by atoms with Crippen molar-refractivity contribution in [3.05, 3.63) is 23.5 Å². The molecule has 94 valence electrons. The van der Waals surface area contributed by atoms with E-state index in [4.69, 9.17) is 15.2 Å². The van der Waals surface area contributed by atoms with E-state index in [0.29, 0.717) is 13.2 Å². The molecule has 1 atom stereocenters. The summed E-state index contributed by atoms with van der Waals surface area (Å²) in [7, 11) is 0. The molecule has 1 unspecified atom stereocenters. The first kappa shape index (κ1) is 12.3. The first-order chi connectivity index (χ1) is 8.29. The number of rotatable bonds is 5. The predicted octanol–water partition coefficient (Wildman–Crippen LogP) is 1.45. The van der Waals surface area contributed by atoms with Gasteiger partial charge in [-0.3, -0.25) is 4.98 Å². The van der Waals surface area contributed by atoms with Crippen molar-refractivity contribution in [3.8, 4) is 5.75 Å². The summed E-state index contributed by atoms with van der Waals surface area (Å²) < 4.78 is 11.3. The molecule has 17 heavy (non-hydrogen) atoms. The summed E-state index contributed by atoms with van der Waals surface area (Å²) in [6.45, 7) is 4.04. The van der Waals surface area contributed by atoms with E-state index < -0.39 is 0 Å². The third-order valence-corrected chi connectivity index (χ3v) is 2.90. The lowest BCUT2D eigenvalue weighted by molar-refractivity contribution is 0.0674. The fourth-order valence-corrected chi connectivity index (χ4v) is 2.00. The Hall–Kier alpha value is -1.13. The third-order valence-electron chi connectivity index (χ3n) is 2.90. The van der Waals surface area contributed by atoms with Crippen molar-refractivity contribution in [2.75, 3.05) is 19.8 Å². The van der Waals surface area contributed by atoms with Crippen LogP contribution in [0.5, 0.6) is 5.75 Å². The molecule has 0 saturated carbocycles. The van der Waals surface area contributed by atoms with E-state index in [1.54, 1.807) is 0 Å². The van der Waals surface area contributed by atoms with Crippen LogP contribution in [0.15, 0.2) is 12.1 Å². The SMILES string of the molecule is Cc1ccc(OCC2CCCO2)c(CCN)n1. The summed E-state index contributed by atoms with van der Waals surface area (Å²) in [5, 5.41) is 0. The van der Waals surface area contributed by atoms with Crippen LogP contribution in [0.25, 0.3) is 0 Å². The second-order valence-electron chi connectivity index (χ2n) is 4.38. The Kier molecular flexibility index (Phi) is 4.34. The average molecular weight is 236 g/mol. The Morgan fingerprint density at radius 2 is 2.41 bits per heavy atom. The normalized spacial score (nSPS) is 19.5. The first-order valence-electron chi connectivity index (χ1n) is 6.20. The maximum atomic E-state index is 5.79. The molecule has 1 aliphatic heterocycles. The standard InChI is InChI=1S/C13H20N2O2/c1-10-4-5-13(12(15-10)6-7-14)17-9-11-3-2-8-16-11/h4-5,11H,2-3,6-9,14H2,1H3. The Balaban J connectivity index is 1.98. The van der Waals surface area contributed by atoms with Gasteiger partial charge in [-0.2, -0.15) is 0 Å². The quantitative estimate of drug-likeness (QED) is 0.840. The van der Waals surface area contributed by atoms with E-state index in [-0.39, 0.29) is 6.10 Å². The summed E-state index contributed by atoms with van der Waals surface area (Å²) in [4.78, 5) is 4.46. The fraction of sp³-hybridized carbons (Fsp3) is 0.615. The van der Waals surface area contributed by atoms with Gasteiger partial charge in [0.25, 0.3) is 0 Å². The highest BCUT2D eigenvalue weighted by atomic mass is 16.5. The van der Waals surface area contributed by atoms with Crippen LogP contribution in [0.2, 0.25) is 0 Å². The van der Waals surface area contributed by atoms with Crippen molar-refractivity contribution >= 4 is 0 Å². The molecule has 1 aliphatic rings. The van der Waals surface area contributed by atoms with Crippen LogP contribution < -0.4 is 10.5 Å². The molecule has 2 heterocycles. The highest BCUT2D eigenvalue weighted by Crippen LogP contribution is 2.19. The second-order valence-corrected chi connectivity index (χ2v) is 4.38. The van der Waals surface area contributed by atoms with Gasteiger partial charge in [0.15, 0.2) is 0 Å². The van der Waals surface area contributed by atoms with Crippen LogP contribution in [0.3, 0.4) is 0 Å². The van der Waals surface area contributed by atoms with E-state index in [9.17, 15) is 0 Å². The van der Waals surface area contributed by atoms with Crippen molar-refractivity contribution in [2.45, 2.75) is 32.3 Å². The van der Waals surface area contributed by atoms with E-state index in [0.717, 1.165) is 43.0 Å². The highest BCUT2D eigenvalue weighted by Gasteiger charge is 2.16. The summed E-state index contributed by atoms with van der Waals surface area (Å²) in [5.41, 5.74) is 7.53. The molecule has 4 nitrogen and oxygen atoms in total. The number of pyridine rings is 1. The van der Waals surface area contributed by atoms with Gasteiger partial charge >= 0.3 is 0 Å². The van der Waals surface area contributed by atoms with Crippen LogP contribution in [0.4, 0.5) is 0 Å². The zero-order valence-electron chi connectivity index (χ0n) is 10.3. The monoisotopic (exact) mass is 236 g/mol. The van der Waals surface area contributed by atoms with Gasteiger partial charge in [-0.25, -0.2) is 0 Å². The molecule has 4 heteroatoms. The largest absolute Gasteiger partial charge is 0.489 e. The number of aryl methyl sites for hydroxylation is 1. The van der Waals surface area contributed by atoms with Crippen molar-refractivity contribution < 1.29 is 9.47 Å². The predicted molar refractivity (Wildman–Crippen MR) is 66.2 cm³/mol. The minimum atomic E-state index is 0.238. The average Bonchev–Trinajstić information content (AvgIpc) is 2.81. The molecule has 1 aromatic rings. The molecule has 2 N–H and O–H groups in total. The zero-order chi connectivity index (χ0) is 12.1. The molecule has 1 aromatic heterocycles. The number of hydrogen-bond acceptors (Lipinski definition) is 4. The van der Waals surface area contributed by atoms with E-state index in [2.05, 4.69) is 4.98 Å². The fourth-order valence-electron chi connectivity index (χ4n) is 2.00. The van der Waals surface area contributed by atoms with E-state index >= 15 is 0 Å². The van der Waals surface area contributed by atoms with Crippen LogP contribution in [-0.4, -0.2) is 30.8 Å². The van der Waals surface area contributed by atoms with Gasteiger partial charge in [0.05, 0.1) is 11.8 Å². The summed E-state index contributed by atoms with van der Waals surface area (Å²) in [6.07, 6.45) is 3.21. The minimum Gasteiger partial charge on any atom is -0.489 e. The van der Waals surface area contributed by atoms with Crippen LogP contribution in [0, 0.1) is 6.92 Å².